The molecule has 2 rings (SSSR count). The number of likely N-dealkylation sites (tertiary alicyclic amines) is 1. The van der Waals surface area contributed by atoms with Crippen molar-refractivity contribution in [2.24, 2.45) is 5.92 Å². The minimum atomic E-state index is -4.08. The molecule has 6 heteroatoms. The van der Waals surface area contributed by atoms with E-state index in [0.29, 0.717) is 13.0 Å². The normalized spacial score (nSPS) is 20.5. The molecule has 1 unspecified atom stereocenters. The van der Waals surface area contributed by atoms with Crippen LogP contribution >= 0.6 is 0 Å². The van der Waals surface area contributed by atoms with Crippen LogP contribution in [-0.2, 0) is 6.54 Å². The molecular weight excluding hydrogens is 279 g/mol. The van der Waals surface area contributed by atoms with Crippen LogP contribution in [0.5, 0.6) is 0 Å². The molecule has 0 aliphatic carbocycles. The molecule has 21 heavy (non-hydrogen) atoms. The van der Waals surface area contributed by atoms with E-state index in [1.54, 1.807) is 6.20 Å². The molecule has 1 aromatic rings. The van der Waals surface area contributed by atoms with E-state index < -0.39 is 12.1 Å². The van der Waals surface area contributed by atoms with Gasteiger partial charge in [0.2, 0.25) is 0 Å². The van der Waals surface area contributed by atoms with Crippen LogP contribution in [0, 0.1) is 5.92 Å². The number of nitrogens with zero attached hydrogens (tertiary/aromatic N) is 2. The van der Waals surface area contributed by atoms with Crippen molar-refractivity contribution < 1.29 is 13.2 Å². The molecule has 0 spiro atoms. The van der Waals surface area contributed by atoms with Gasteiger partial charge < -0.3 is 5.32 Å². The zero-order chi connectivity index (χ0) is 15.3. The number of hydrogen-bond acceptors (Lipinski definition) is 3. The average molecular weight is 301 g/mol. The lowest BCUT2D eigenvalue weighted by atomic mass is 9.97. The third-order valence-electron chi connectivity index (χ3n) is 3.76. The summed E-state index contributed by atoms with van der Waals surface area (Å²) in [7, 11) is 0. The molecule has 3 nitrogen and oxygen atoms in total. The molecule has 0 amide bonds. The zero-order valence-electron chi connectivity index (χ0n) is 12.3. The molecule has 1 atom stereocenters. The molecule has 118 valence electrons. The fourth-order valence-electron chi connectivity index (χ4n) is 2.60. The number of rotatable bonds is 5. The quantitative estimate of drug-likeness (QED) is 0.899. The van der Waals surface area contributed by atoms with Crippen molar-refractivity contribution in [2.45, 2.75) is 38.9 Å². The van der Waals surface area contributed by atoms with Crippen molar-refractivity contribution >= 4 is 5.82 Å². The van der Waals surface area contributed by atoms with Gasteiger partial charge in [-0.2, -0.15) is 13.2 Å². The highest BCUT2D eigenvalue weighted by Gasteiger charge is 2.41. The Morgan fingerprint density at radius 1 is 1.38 bits per heavy atom. The van der Waals surface area contributed by atoms with Crippen molar-refractivity contribution in [3.8, 4) is 0 Å². The maximum atomic E-state index is 12.8. The molecule has 1 fully saturated rings. The van der Waals surface area contributed by atoms with Gasteiger partial charge in [-0.25, -0.2) is 4.98 Å². The Morgan fingerprint density at radius 3 is 2.81 bits per heavy atom. The van der Waals surface area contributed by atoms with Gasteiger partial charge in [0.25, 0.3) is 0 Å². The fraction of sp³-hybridized carbons (Fsp3) is 0.667. The first-order chi connectivity index (χ1) is 9.99. The second kappa shape index (κ2) is 7.11. The standard InChI is InChI=1S/C15H22F3N3/c1-2-7-19-14-6-5-12(9-20-14)10-21-8-3-4-13(11-21)15(16,17)18/h5-6,9,13H,2-4,7-8,10-11H2,1H3,(H,19,20). The molecule has 2 heterocycles. The molecule has 0 radical (unpaired) electrons. The van der Waals surface area contributed by atoms with Crippen LogP contribution in [0.1, 0.15) is 31.7 Å². The van der Waals surface area contributed by atoms with E-state index in [4.69, 9.17) is 0 Å². The Hall–Kier alpha value is -1.30. The summed E-state index contributed by atoms with van der Waals surface area (Å²) in [4.78, 5) is 6.16. The molecule has 1 aromatic heterocycles. The van der Waals surface area contributed by atoms with Gasteiger partial charge in [0.15, 0.2) is 0 Å². The molecule has 1 aliphatic rings. The van der Waals surface area contributed by atoms with Crippen LogP contribution in [0.2, 0.25) is 0 Å². The van der Waals surface area contributed by atoms with Gasteiger partial charge in [-0.05, 0) is 37.4 Å². The predicted octanol–water partition coefficient (Wildman–Crippen LogP) is 3.68. The minimum Gasteiger partial charge on any atom is -0.370 e. The summed E-state index contributed by atoms with van der Waals surface area (Å²) in [5.74, 6) is -0.378. The lowest BCUT2D eigenvalue weighted by Gasteiger charge is -2.33. The monoisotopic (exact) mass is 301 g/mol. The van der Waals surface area contributed by atoms with Gasteiger partial charge in [0, 0.05) is 25.8 Å². The number of aromatic nitrogens is 1. The van der Waals surface area contributed by atoms with Gasteiger partial charge >= 0.3 is 6.18 Å². The Balaban J connectivity index is 1.89. The number of hydrogen-bond donors (Lipinski definition) is 1. The van der Waals surface area contributed by atoms with Crippen LogP contribution in [0.4, 0.5) is 19.0 Å². The van der Waals surface area contributed by atoms with E-state index in [-0.39, 0.29) is 13.0 Å². The average Bonchev–Trinajstić information content (AvgIpc) is 2.46. The summed E-state index contributed by atoms with van der Waals surface area (Å²) in [5, 5.41) is 3.18. The molecule has 0 aromatic carbocycles. The topological polar surface area (TPSA) is 28.2 Å². The Bertz CT molecular complexity index is 431. The third-order valence-corrected chi connectivity index (χ3v) is 3.76. The highest BCUT2D eigenvalue weighted by atomic mass is 19.4. The fourth-order valence-corrected chi connectivity index (χ4v) is 2.60. The second-order valence-electron chi connectivity index (χ2n) is 5.59. The van der Waals surface area contributed by atoms with Crippen LogP contribution < -0.4 is 5.32 Å². The van der Waals surface area contributed by atoms with Crippen molar-refractivity contribution in [3.63, 3.8) is 0 Å². The smallest absolute Gasteiger partial charge is 0.370 e. The highest BCUT2D eigenvalue weighted by molar-refractivity contribution is 5.35. The first-order valence-corrected chi connectivity index (χ1v) is 7.47. The number of piperidine rings is 1. The van der Waals surface area contributed by atoms with Crippen molar-refractivity contribution in [2.75, 3.05) is 25.0 Å². The van der Waals surface area contributed by atoms with Gasteiger partial charge in [-0.3, -0.25) is 4.90 Å². The number of anilines is 1. The summed E-state index contributed by atoms with van der Waals surface area (Å²) < 4.78 is 38.3. The number of nitrogens with one attached hydrogen (secondary N) is 1. The van der Waals surface area contributed by atoms with Crippen LogP contribution in [0.25, 0.3) is 0 Å². The molecule has 0 saturated carbocycles. The van der Waals surface area contributed by atoms with Crippen LogP contribution in [0.3, 0.4) is 0 Å². The minimum absolute atomic E-state index is 0.0966. The molecule has 0 bridgehead atoms. The SMILES string of the molecule is CCCNc1ccc(CN2CCCC(C(F)(F)F)C2)cn1. The van der Waals surface area contributed by atoms with E-state index in [1.807, 2.05) is 17.0 Å². The Labute approximate surface area is 123 Å². The van der Waals surface area contributed by atoms with Gasteiger partial charge in [-0.15, -0.1) is 0 Å². The molecule has 1 saturated heterocycles. The summed E-state index contributed by atoms with van der Waals surface area (Å²) >= 11 is 0. The van der Waals surface area contributed by atoms with E-state index in [0.717, 1.165) is 30.9 Å². The van der Waals surface area contributed by atoms with E-state index >= 15 is 0 Å². The second-order valence-corrected chi connectivity index (χ2v) is 5.59. The summed E-state index contributed by atoms with van der Waals surface area (Å²) in [6, 6.07) is 3.82. The maximum Gasteiger partial charge on any atom is 0.393 e. The number of pyridine rings is 1. The summed E-state index contributed by atoms with van der Waals surface area (Å²) in [6.07, 6.45) is -0.456. The maximum absolute atomic E-state index is 12.8. The van der Waals surface area contributed by atoms with Crippen molar-refractivity contribution in [3.05, 3.63) is 23.9 Å². The van der Waals surface area contributed by atoms with Gasteiger partial charge in [-0.1, -0.05) is 13.0 Å². The predicted molar refractivity (Wildman–Crippen MR) is 77.1 cm³/mol. The van der Waals surface area contributed by atoms with E-state index in [1.165, 1.54) is 0 Å². The zero-order valence-corrected chi connectivity index (χ0v) is 12.3. The lowest BCUT2D eigenvalue weighted by Crippen LogP contribution is -2.41. The van der Waals surface area contributed by atoms with Gasteiger partial charge in [0.1, 0.15) is 5.82 Å². The van der Waals surface area contributed by atoms with Crippen LogP contribution in [-0.4, -0.2) is 35.7 Å². The van der Waals surface area contributed by atoms with E-state index in [9.17, 15) is 13.2 Å². The molecule has 1 N–H and O–H groups in total. The Kier molecular flexibility index (Phi) is 5.45. The lowest BCUT2D eigenvalue weighted by molar-refractivity contribution is -0.187. The van der Waals surface area contributed by atoms with Gasteiger partial charge in [0.05, 0.1) is 5.92 Å². The molecular formula is C15H22F3N3. The first-order valence-electron chi connectivity index (χ1n) is 7.47. The van der Waals surface area contributed by atoms with Crippen LogP contribution in [0.15, 0.2) is 18.3 Å². The third kappa shape index (κ3) is 4.88. The number of halogens is 3. The number of alkyl halides is 3. The summed E-state index contributed by atoms with van der Waals surface area (Å²) in [5.41, 5.74) is 0.958. The van der Waals surface area contributed by atoms with E-state index in [2.05, 4.69) is 17.2 Å². The largest absolute Gasteiger partial charge is 0.393 e. The Morgan fingerprint density at radius 2 is 2.19 bits per heavy atom. The van der Waals surface area contributed by atoms with Crippen molar-refractivity contribution in [1.29, 1.82) is 0 Å². The first kappa shape index (κ1) is 16.1. The molecule has 1 aliphatic heterocycles. The van der Waals surface area contributed by atoms with Crippen molar-refractivity contribution in [1.82, 2.24) is 9.88 Å². The highest BCUT2D eigenvalue weighted by Crippen LogP contribution is 2.33. The summed E-state index contributed by atoms with van der Waals surface area (Å²) in [6.45, 7) is 4.30.